The number of fused-ring (bicyclic) bond motifs is 1. The van der Waals surface area contributed by atoms with Crippen LogP contribution in [0, 0.1) is 10.1 Å². The number of nitro groups is 1. The molecular formula is C9H4ClNO4S. The lowest BCUT2D eigenvalue weighted by Gasteiger charge is -1.94. The van der Waals surface area contributed by atoms with Gasteiger partial charge in [0.05, 0.1) is 14.6 Å². The van der Waals surface area contributed by atoms with Crippen LogP contribution in [0.15, 0.2) is 18.2 Å². The van der Waals surface area contributed by atoms with Crippen molar-refractivity contribution >= 4 is 44.7 Å². The molecule has 0 saturated heterocycles. The van der Waals surface area contributed by atoms with E-state index in [1.807, 2.05) is 0 Å². The van der Waals surface area contributed by atoms with Gasteiger partial charge in [0.1, 0.15) is 4.88 Å². The van der Waals surface area contributed by atoms with Crippen molar-refractivity contribution < 1.29 is 14.8 Å². The second-order valence-corrected chi connectivity index (χ2v) is 4.48. The molecule has 0 atom stereocenters. The van der Waals surface area contributed by atoms with E-state index in [4.69, 9.17) is 16.7 Å². The van der Waals surface area contributed by atoms with Gasteiger partial charge in [-0.15, -0.1) is 11.3 Å². The Morgan fingerprint density at radius 3 is 2.69 bits per heavy atom. The second-order valence-electron chi connectivity index (χ2n) is 3.02. The topological polar surface area (TPSA) is 80.4 Å². The Labute approximate surface area is 98.0 Å². The number of hydrogen-bond donors (Lipinski definition) is 1. The van der Waals surface area contributed by atoms with Gasteiger partial charge in [-0.1, -0.05) is 11.6 Å². The fourth-order valence-electron chi connectivity index (χ4n) is 1.31. The number of rotatable bonds is 2. The molecule has 0 aliphatic carbocycles. The zero-order valence-corrected chi connectivity index (χ0v) is 9.21. The highest BCUT2D eigenvalue weighted by Crippen LogP contribution is 2.35. The molecule has 0 unspecified atom stereocenters. The third-order valence-corrected chi connectivity index (χ3v) is 3.56. The molecule has 16 heavy (non-hydrogen) atoms. The molecule has 0 saturated carbocycles. The fraction of sp³-hybridized carbons (Fsp3) is 0. The van der Waals surface area contributed by atoms with Crippen LogP contribution in [0.5, 0.6) is 0 Å². The van der Waals surface area contributed by atoms with Crippen LogP contribution in [0.4, 0.5) is 5.69 Å². The maximum atomic E-state index is 10.7. The van der Waals surface area contributed by atoms with Crippen molar-refractivity contribution in [1.82, 2.24) is 0 Å². The number of carboxylic acid groups (broad SMARTS) is 1. The van der Waals surface area contributed by atoms with E-state index in [2.05, 4.69) is 0 Å². The number of halogens is 1. The van der Waals surface area contributed by atoms with Gasteiger partial charge >= 0.3 is 5.97 Å². The third kappa shape index (κ3) is 1.72. The number of carboxylic acids is 1. The maximum Gasteiger partial charge on any atom is 0.345 e. The molecule has 7 heteroatoms. The van der Waals surface area contributed by atoms with E-state index in [-0.39, 0.29) is 15.6 Å². The summed E-state index contributed by atoms with van der Waals surface area (Å²) < 4.78 is 0.546. The molecule has 1 aromatic heterocycles. The third-order valence-electron chi connectivity index (χ3n) is 1.98. The lowest BCUT2D eigenvalue weighted by molar-refractivity contribution is -0.384. The first-order chi connectivity index (χ1) is 7.49. The van der Waals surface area contributed by atoms with Crippen molar-refractivity contribution in [2.45, 2.75) is 0 Å². The largest absolute Gasteiger partial charge is 0.477 e. The van der Waals surface area contributed by atoms with Crippen LogP contribution in [0.2, 0.25) is 5.02 Å². The van der Waals surface area contributed by atoms with Gasteiger partial charge in [0.25, 0.3) is 5.69 Å². The van der Waals surface area contributed by atoms with Gasteiger partial charge in [0, 0.05) is 17.5 Å². The zero-order valence-electron chi connectivity index (χ0n) is 7.64. The van der Waals surface area contributed by atoms with Crippen LogP contribution < -0.4 is 0 Å². The highest BCUT2D eigenvalue weighted by atomic mass is 35.5. The summed E-state index contributed by atoms with van der Waals surface area (Å²) in [6.45, 7) is 0. The van der Waals surface area contributed by atoms with Crippen molar-refractivity contribution in [3.8, 4) is 0 Å². The first-order valence-electron chi connectivity index (χ1n) is 4.10. The Balaban J connectivity index is 2.72. The van der Waals surface area contributed by atoms with Crippen LogP contribution >= 0.6 is 22.9 Å². The van der Waals surface area contributed by atoms with Crippen molar-refractivity contribution in [2.24, 2.45) is 0 Å². The van der Waals surface area contributed by atoms with Gasteiger partial charge in [-0.05, 0) is 6.07 Å². The fourth-order valence-corrected chi connectivity index (χ4v) is 2.53. The van der Waals surface area contributed by atoms with Gasteiger partial charge in [-0.25, -0.2) is 4.79 Å². The molecule has 1 N–H and O–H groups in total. The highest BCUT2D eigenvalue weighted by Gasteiger charge is 2.15. The van der Waals surface area contributed by atoms with Gasteiger partial charge < -0.3 is 5.11 Å². The van der Waals surface area contributed by atoms with Crippen LogP contribution in [0.3, 0.4) is 0 Å². The summed E-state index contributed by atoms with van der Waals surface area (Å²) in [5, 5.41) is 20.0. The predicted octanol–water partition coefficient (Wildman–Crippen LogP) is 3.16. The van der Waals surface area contributed by atoms with Gasteiger partial charge in [0.2, 0.25) is 0 Å². The number of non-ortho nitro benzene ring substituents is 1. The molecule has 0 spiro atoms. The van der Waals surface area contributed by atoms with Crippen molar-refractivity contribution in [1.29, 1.82) is 0 Å². The quantitative estimate of drug-likeness (QED) is 0.662. The average molecular weight is 258 g/mol. The number of nitro benzene ring substituents is 1. The molecule has 82 valence electrons. The summed E-state index contributed by atoms with van der Waals surface area (Å²) in [4.78, 5) is 20.8. The van der Waals surface area contributed by atoms with Gasteiger partial charge in [-0.3, -0.25) is 10.1 Å². The lowest BCUT2D eigenvalue weighted by atomic mass is 10.2. The van der Waals surface area contributed by atoms with Gasteiger partial charge in [-0.2, -0.15) is 0 Å². The highest BCUT2D eigenvalue weighted by molar-refractivity contribution is 7.21. The Morgan fingerprint density at radius 1 is 1.44 bits per heavy atom. The number of carbonyl (C=O) groups is 1. The molecule has 0 fully saturated rings. The van der Waals surface area contributed by atoms with Crippen molar-refractivity contribution in [3.63, 3.8) is 0 Å². The molecule has 1 aromatic carbocycles. The maximum absolute atomic E-state index is 10.7. The summed E-state index contributed by atoms with van der Waals surface area (Å²) in [6, 6.07) is 3.90. The summed E-state index contributed by atoms with van der Waals surface area (Å²) >= 11 is 6.84. The number of nitrogens with zero attached hydrogens (tertiary/aromatic N) is 1. The normalized spacial score (nSPS) is 10.6. The minimum absolute atomic E-state index is 0.109. The molecule has 5 nitrogen and oxygen atoms in total. The molecule has 0 amide bonds. The smallest absolute Gasteiger partial charge is 0.345 e. The summed E-state index contributed by atoms with van der Waals surface area (Å²) in [5.74, 6) is -1.07. The van der Waals surface area contributed by atoms with Crippen molar-refractivity contribution in [2.75, 3.05) is 0 Å². The standard InChI is InChI=1S/C9H4ClNO4S/c10-6-3-5(11(14)15)1-4-2-7(9(12)13)16-8(4)6/h1-3H,(H,12,13). The molecule has 0 radical (unpaired) electrons. The number of hydrogen-bond acceptors (Lipinski definition) is 4. The van der Waals surface area contributed by atoms with Crippen molar-refractivity contribution in [3.05, 3.63) is 38.2 Å². The second kappa shape index (κ2) is 3.73. The molecular weight excluding hydrogens is 254 g/mol. The van der Waals surface area contributed by atoms with Gasteiger partial charge in [0.15, 0.2) is 0 Å². The van der Waals surface area contributed by atoms with E-state index in [0.29, 0.717) is 10.1 Å². The first-order valence-corrected chi connectivity index (χ1v) is 5.29. The van der Waals surface area contributed by atoms with Crippen LogP contribution in [0.25, 0.3) is 10.1 Å². The minimum atomic E-state index is -1.07. The Morgan fingerprint density at radius 2 is 2.12 bits per heavy atom. The lowest BCUT2D eigenvalue weighted by Crippen LogP contribution is -1.89. The molecule has 0 bridgehead atoms. The molecule has 0 aliphatic heterocycles. The Bertz CT molecular complexity index is 607. The minimum Gasteiger partial charge on any atom is -0.477 e. The Hall–Kier alpha value is -1.66. The van der Waals surface area contributed by atoms with E-state index in [9.17, 15) is 14.9 Å². The monoisotopic (exact) mass is 257 g/mol. The Kier molecular flexibility index (Phi) is 2.53. The summed E-state index contributed by atoms with van der Waals surface area (Å²) in [5.41, 5.74) is -0.146. The average Bonchev–Trinajstić information content (AvgIpc) is 2.61. The van der Waals surface area contributed by atoms with E-state index >= 15 is 0 Å². The number of aromatic carboxylic acids is 1. The van der Waals surface area contributed by atoms with E-state index < -0.39 is 10.9 Å². The number of thiophene rings is 1. The van der Waals surface area contributed by atoms with E-state index in [0.717, 1.165) is 11.3 Å². The molecule has 2 rings (SSSR count). The van der Waals surface area contributed by atoms with E-state index in [1.165, 1.54) is 18.2 Å². The zero-order chi connectivity index (χ0) is 11.9. The van der Waals surface area contributed by atoms with Crippen LogP contribution in [-0.2, 0) is 0 Å². The molecule has 2 aromatic rings. The summed E-state index contributed by atoms with van der Waals surface area (Å²) in [7, 11) is 0. The molecule has 0 aliphatic rings. The van der Waals surface area contributed by atoms with Crippen LogP contribution in [0.1, 0.15) is 9.67 Å². The van der Waals surface area contributed by atoms with E-state index in [1.54, 1.807) is 0 Å². The molecule has 1 heterocycles. The predicted molar refractivity (Wildman–Crippen MR) is 60.4 cm³/mol. The number of benzene rings is 1. The summed E-state index contributed by atoms with van der Waals surface area (Å²) in [6.07, 6.45) is 0. The first kappa shape index (κ1) is 10.8. The SMILES string of the molecule is O=C(O)c1cc2cc([N+](=O)[O-])cc(Cl)c2s1. The van der Waals surface area contributed by atoms with Crippen LogP contribution in [-0.4, -0.2) is 16.0 Å².